The van der Waals surface area contributed by atoms with Crippen LogP contribution in [0.5, 0.6) is 0 Å². The molecule has 5 nitrogen and oxygen atoms in total. The Bertz CT molecular complexity index is 830. The van der Waals surface area contributed by atoms with Gasteiger partial charge in [-0.2, -0.15) is 0 Å². The highest BCUT2D eigenvalue weighted by Crippen LogP contribution is 2.31. The fourth-order valence-corrected chi connectivity index (χ4v) is 4.29. The van der Waals surface area contributed by atoms with Crippen LogP contribution < -0.4 is 5.32 Å². The van der Waals surface area contributed by atoms with Gasteiger partial charge in [-0.1, -0.05) is 29.8 Å². The number of rotatable bonds is 6. The van der Waals surface area contributed by atoms with E-state index in [1.807, 2.05) is 12.3 Å². The van der Waals surface area contributed by atoms with Crippen molar-refractivity contribution in [2.45, 2.75) is 77.0 Å². The van der Waals surface area contributed by atoms with Crippen molar-refractivity contribution in [3.05, 3.63) is 33.9 Å². The second-order valence-corrected chi connectivity index (χ2v) is 9.76. The lowest BCUT2D eigenvalue weighted by atomic mass is 9.92. The summed E-state index contributed by atoms with van der Waals surface area (Å²) >= 11 is 3.55. The molecule has 1 fully saturated rings. The quantitative estimate of drug-likeness (QED) is 0.586. The standard InChI is InChI=1S/C22H31BrN2O3/c1-13(2)19-11-24-20-17(19)9-14(23)10-18(20)21(26)25-15-5-7-16(8-6-15)28-12-22(3,4)27/h9-11,13,15-16,24,27H,5-8,12H2,1-4H3,(H,25,26)/t15-,16-. The summed E-state index contributed by atoms with van der Waals surface area (Å²) in [6.45, 7) is 8.16. The molecule has 0 atom stereocenters. The van der Waals surface area contributed by atoms with E-state index in [2.05, 4.69) is 46.1 Å². The third-order valence-corrected chi connectivity index (χ3v) is 5.79. The van der Waals surface area contributed by atoms with Gasteiger partial charge in [-0.05, 0) is 63.1 Å². The van der Waals surface area contributed by atoms with E-state index in [9.17, 15) is 9.90 Å². The lowest BCUT2D eigenvalue weighted by Crippen LogP contribution is -2.40. The van der Waals surface area contributed by atoms with Gasteiger partial charge in [0.25, 0.3) is 5.91 Å². The van der Waals surface area contributed by atoms with Gasteiger partial charge in [0.1, 0.15) is 0 Å². The second kappa shape index (κ2) is 8.56. The molecule has 3 N–H and O–H groups in total. The number of hydrogen-bond donors (Lipinski definition) is 3. The van der Waals surface area contributed by atoms with Crippen LogP contribution in [0, 0.1) is 0 Å². The lowest BCUT2D eigenvalue weighted by molar-refractivity contribution is -0.0640. The third-order valence-electron chi connectivity index (χ3n) is 5.33. The Balaban J connectivity index is 1.65. The number of nitrogens with one attached hydrogen (secondary N) is 2. The highest BCUT2D eigenvalue weighted by Gasteiger charge is 2.26. The SMILES string of the molecule is CC(C)c1c[nH]c2c(C(=O)N[C@H]3CC[C@H](OCC(C)(C)O)CC3)cc(Br)cc12. The van der Waals surface area contributed by atoms with E-state index in [0.29, 0.717) is 18.1 Å². The van der Waals surface area contributed by atoms with Crippen LogP contribution in [-0.4, -0.2) is 40.4 Å². The Labute approximate surface area is 175 Å². The van der Waals surface area contributed by atoms with E-state index < -0.39 is 5.60 Å². The fraction of sp³-hybridized carbons (Fsp3) is 0.591. The van der Waals surface area contributed by atoms with Crippen molar-refractivity contribution >= 4 is 32.7 Å². The summed E-state index contributed by atoms with van der Waals surface area (Å²) in [6.07, 6.45) is 5.74. The minimum atomic E-state index is -0.804. The summed E-state index contributed by atoms with van der Waals surface area (Å²) in [4.78, 5) is 16.3. The van der Waals surface area contributed by atoms with Crippen LogP contribution in [0.2, 0.25) is 0 Å². The van der Waals surface area contributed by atoms with Gasteiger partial charge in [-0.25, -0.2) is 0 Å². The van der Waals surface area contributed by atoms with Crippen LogP contribution in [0.3, 0.4) is 0 Å². The molecule has 2 aromatic rings. The highest BCUT2D eigenvalue weighted by atomic mass is 79.9. The summed E-state index contributed by atoms with van der Waals surface area (Å²) in [6, 6.07) is 4.11. The number of fused-ring (bicyclic) bond motifs is 1. The number of aromatic amines is 1. The monoisotopic (exact) mass is 450 g/mol. The molecule has 0 spiro atoms. The zero-order valence-electron chi connectivity index (χ0n) is 17.1. The molecule has 3 rings (SSSR count). The minimum Gasteiger partial charge on any atom is -0.388 e. The van der Waals surface area contributed by atoms with E-state index in [1.165, 1.54) is 5.56 Å². The molecule has 1 heterocycles. The number of H-pyrrole nitrogens is 1. The number of amides is 1. The molecule has 0 aliphatic heterocycles. The third kappa shape index (κ3) is 5.16. The molecule has 154 valence electrons. The van der Waals surface area contributed by atoms with Crippen molar-refractivity contribution in [3.8, 4) is 0 Å². The molecule has 0 unspecified atom stereocenters. The van der Waals surface area contributed by atoms with Gasteiger partial charge in [-0.3, -0.25) is 4.79 Å². The van der Waals surface area contributed by atoms with Crippen molar-refractivity contribution in [2.24, 2.45) is 0 Å². The van der Waals surface area contributed by atoms with Gasteiger partial charge < -0.3 is 20.1 Å². The summed E-state index contributed by atoms with van der Waals surface area (Å²) in [5, 5.41) is 14.1. The van der Waals surface area contributed by atoms with Crippen molar-refractivity contribution in [2.75, 3.05) is 6.61 Å². The Hall–Kier alpha value is -1.37. The summed E-state index contributed by atoms with van der Waals surface area (Å²) < 4.78 is 6.72. The van der Waals surface area contributed by atoms with Crippen LogP contribution in [0.1, 0.15) is 75.2 Å². The summed E-state index contributed by atoms with van der Waals surface area (Å²) in [7, 11) is 0. The molecule has 1 saturated carbocycles. The van der Waals surface area contributed by atoms with Crippen LogP contribution in [0.15, 0.2) is 22.8 Å². The van der Waals surface area contributed by atoms with Gasteiger partial charge in [0.2, 0.25) is 0 Å². The maximum Gasteiger partial charge on any atom is 0.253 e. The molecule has 1 aromatic carbocycles. The number of carbonyl (C=O) groups excluding carboxylic acids is 1. The largest absolute Gasteiger partial charge is 0.388 e. The number of hydrogen-bond acceptors (Lipinski definition) is 3. The van der Waals surface area contributed by atoms with Gasteiger partial charge in [-0.15, -0.1) is 0 Å². The molecular formula is C22H31BrN2O3. The zero-order valence-corrected chi connectivity index (χ0v) is 18.7. The van der Waals surface area contributed by atoms with Gasteiger partial charge in [0, 0.05) is 22.1 Å². The first-order chi connectivity index (χ1) is 13.1. The van der Waals surface area contributed by atoms with Crippen LogP contribution in [0.25, 0.3) is 10.9 Å². The number of carbonyl (C=O) groups is 1. The number of halogens is 1. The van der Waals surface area contributed by atoms with E-state index >= 15 is 0 Å². The molecule has 6 heteroatoms. The van der Waals surface area contributed by atoms with Crippen molar-refractivity contribution in [1.82, 2.24) is 10.3 Å². The number of aromatic nitrogens is 1. The summed E-state index contributed by atoms with van der Waals surface area (Å²) in [5.74, 6) is 0.349. The number of ether oxygens (including phenoxy) is 1. The first-order valence-electron chi connectivity index (χ1n) is 10.1. The molecule has 1 amide bonds. The fourth-order valence-electron chi connectivity index (χ4n) is 3.83. The molecule has 1 aromatic heterocycles. The Morgan fingerprint density at radius 2 is 2.00 bits per heavy atom. The topological polar surface area (TPSA) is 74.4 Å². The maximum absolute atomic E-state index is 13.0. The predicted octanol–water partition coefficient (Wildman–Crippen LogP) is 4.88. The molecule has 28 heavy (non-hydrogen) atoms. The lowest BCUT2D eigenvalue weighted by Gasteiger charge is -2.31. The molecule has 0 radical (unpaired) electrons. The van der Waals surface area contributed by atoms with Crippen molar-refractivity contribution in [3.63, 3.8) is 0 Å². The van der Waals surface area contributed by atoms with E-state index in [4.69, 9.17) is 4.74 Å². The Morgan fingerprint density at radius 3 is 2.61 bits per heavy atom. The maximum atomic E-state index is 13.0. The first kappa shape index (κ1) is 21.3. The molecule has 0 bridgehead atoms. The predicted molar refractivity (Wildman–Crippen MR) is 116 cm³/mol. The van der Waals surface area contributed by atoms with E-state index in [0.717, 1.165) is 41.1 Å². The van der Waals surface area contributed by atoms with Crippen molar-refractivity contribution < 1.29 is 14.6 Å². The van der Waals surface area contributed by atoms with E-state index in [1.54, 1.807) is 13.8 Å². The zero-order chi connectivity index (χ0) is 20.5. The van der Waals surface area contributed by atoms with Gasteiger partial charge >= 0.3 is 0 Å². The van der Waals surface area contributed by atoms with Crippen LogP contribution >= 0.6 is 15.9 Å². The molecule has 1 aliphatic carbocycles. The van der Waals surface area contributed by atoms with Crippen LogP contribution in [-0.2, 0) is 4.74 Å². The van der Waals surface area contributed by atoms with Crippen LogP contribution in [0.4, 0.5) is 0 Å². The Morgan fingerprint density at radius 1 is 1.32 bits per heavy atom. The second-order valence-electron chi connectivity index (χ2n) is 8.85. The first-order valence-corrected chi connectivity index (χ1v) is 10.9. The minimum absolute atomic E-state index is 0.0377. The molecular weight excluding hydrogens is 420 g/mol. The Kier molecular flexibility index (Phi) is 6.52. The molecule has 0 saturated heterocycles. The smallest absolute Gasteiger partial charge is 0.253 e. The van der Waals surface area contributed by atoms with Gasteiger partial charge in [0.15, 0.2) is 0 Å². The normalized spacial score (nSPS) is 20.7. The molecule has 1 aliphatic rings. The number of benzene rings is 1. The summed E-state index contributed by atoms with van der Waals surface area (Å²) in [5.41, 5.74) is 1.99. The average molecular weight is 451 g/mol. The average Bonchev–Trinajstić information content (AvgIpc) is 3.03. The highest BCUT2D eigenvalue weighted by molar-refractivity contribution is 9.10. The van der Waals surface area contributed by atoms with E-state index in [-0.39, 0.29) is 18.1 Å². The van der Waals surface area contributed by atoms with Gasteiger partial charge in [0.05, 0.1) is 29.4 Å². The number of aliphatic hydroxyl groups is 1. The van der Waals surface area contributed by atoms with Crippen molar-refractivity contribution in [1.29, 1.82) is 0 Å².